The van der Waals surface area contributed by atoms with E-state index in [1.54, 1.807) is 24.3 Å². The third-order valence-corrected chi connectivity index (χ3v) is 6.11. The van der Waals surface area contributed by atoms with Crippen LogP contribution in [0.4, 0.5) is 0 Å². The molecule has 31 heavy (non-hydrogen) atoms. The predicted octanol–water partition coefficient (Wildman–Crippen LogP) is 1.72. The van der Waals surface area contributed by atoms with Crippen LogP contribution < -0.4 is 0 Å². The van der Waals surface area contributed by atoms with Crippen LogP contribution >= 0.6 is 0 Å². The van der Waals surface area contributed by atoms with Gasteiger partial charge in [0.05, 0.1) is 23.4 Å². The van der Waals surface area contributed by atoms with E-state index in [1.807, 2.05) is 16.5 Å². The molecule has 4 rings (SSSR count). The maximum absolute atomic E-state index is 12.6. The normalized spacial score (nSPS) is 16.8. The van der Waals surface area contributed by atoms with Crippen molar-refractivity contribution >= 4 is 17.7 Å². The zero-order valence-electron chi connectivity index (χ0n) is 18.2. The van der Waals surface area contributed by atoms with E-state index in [0.29, 0.717) is 37.1 Å². The Labute approximate surface area is 182 Å². The van der Waals surface area contributed by atoms with E-state index < -0.39 is 0 Å². The van der Waals surface area contributed by atoms with Gasteiger partial charge >= 0.3 is 0 Å². The van der Waals surface area contributed by atoms with Gasteiger partial charge in [-0.3, -0.25) is 28.9 Å². The minimum Gasteiger partial charge on any atom is -0.340 e. The number of imide groups is 1. The number of nitrogens with zero attached hydrogens (tertiary/aromatic N) is 5. The molecule has 0 unspecified atom stereocenters. The minimum atomic E-state index is -0.260. The standard InChI is InChI=1S/C23H29N5O3/c1-17-16-18(2)28(24-17)15-12-25-10-13-26(14-11-25)21(29)8-5-9-27-22(30)19-6-3-4-7-20(19)23(27)31/h3-4,6-7,16H,5,8-15H2,1-2H3. The summed E-state index contributed by atoms with van der Waals surface area (Å²) in [5.74, 6) is -0.427. The number of amides is 3. The van der Waals surface area contributed by atoms with Crippen molar-refractivity contribution < 1.29 is 14.4 Å². The Morgan fingerprint density at radius 3 is 2.16 bits per heavy atom. The molecule has 0 spiro atoms. The number of carbonyl (C=O) groups excluding carboxylic acids is 3. The summed E-state index contributed by atoms with van der Waals surface area (Å²) in [5, 5.41) is 4.50. The van der Waals surface area contributed by atoms with Gasteiger partial charge < -0.3 is 4.90 Å². The van der Waals surface area contributed by atoms with Crippen molar-refractivity contribution in [2.45, 2.75) is 33.2 Å². The van der Waals surface area contributed by atoms with Crippen molar-refractivity contribution in [1.29, 1.82) is 0 Å². The van der Waals surface area contributed by atoms with Gasteiger partial charge in [-0.25, -0.2) is 0 Å². The third-order valence-electron chi connectivity index (χ3n) is 6.11. The molecule has 164 valence electrons. The fraction of sp³-hybridized carbons (Fsp3) is 0.478. The summed E-state index contributed by atoms with van der Waals surface area (Å²) in [5.41, 5.74) is 3.12. The lowest BCUT2D eigenvalue weighted by atomic mass is 10.1. The molecule has 1 aromatic heterocycles. The monoisotopic (exact) mass is 423 g/mol. The number of rotatable bonds is 7. The lowest BCUT2D eigenvalue weighted by Gasteiger charge is -2.35. The number of benzene rings is 1. The summed E-state index contributed by atoms with van der Waals surface area (Å²) >= 11 is 0. The molecule has 0 radical (unpaired) electrons. The fourth-order valence-electron chi connectivity index (χ4n) is 4.35. The summed E-state index contributed by atoms with van der Waals surface area (Å²) in [6, 6.07) is 8.95. The first-order valence-electron chi connectivity index (χ1n) is 10.9. The van der Waals surface area contributed by atoms with E-state index in [4.69, 9.17) is 0 Å². The Bertz CT molecular complexity index is 956. The molecule has 3 amide bonds. The van der Waals surface area contributed by atoms with Crippen LogP contribution in [0.25, 0.3) is 0 Å². The summed E-state index contributed by atoms with van der Waals surface area (Å²) in [4.78, 5) is 42.9. The molecule has 1 saturated heterocycles. The van der Waals surface area contributed by atoms with E-state index in [2.05, 4.69) is 23.0 Å². The lowest BCUT2D eigenvalue weighted by molar-refractivity contribution is -0.133. The van der Waals surface area contributed by atoms with Gasteiger partial charge in [0.2, 0.25) is 5.91 Å². The molecular weight excluding hydrogens is 394 g/mol. The first-order valence-corrected chi connectivity index (χ1v) is 10.9. The molecular formula is C23H29N5O3. The predicted molar refractivity (Wildman–Crippen MR) is 116 cm³/mol. The molecule has 2 aliphatic rings. The summed E-state index contributed by atoms with van der Waals surface area (Å²) in [6.45, 7) is 9.25. The highest BCUT2D eigenvalue weighted by Gasteiger charge is 2.34. The summed E-state index contributed by atoms with van der Waals surface area (Å²) in [6.07, 6.45) is 0.835. The van der Waals surface area contributed by atoms with Gasteiger partial charge in [-0.2, -0.15) is 5.10 Å². The molecule has 8 nitrogen and oxygen atoms in total. The van der Waals surface area contributed by atoms with Gasteiger partial charge in [-0.1, -0.05) is 12.1 Å². The topological polar surface area (TPSA) is 78.8 Å². The highest BCUT2D eigenvalue weighted by molar-refractivity contribution is 6.21. The van der Waals surface area contributed by atoms with Gasteiger partial charge in [0.15, 0.2) is 0 Å². The number of piperazine rings is 1. The van der Waals surface area contributed by atoms with Crippen LogP contribution in [0, 0.1) is 13.8 Å². The van der Waals surface area contributed by atoms with Crippen LogP contribution in [0.2, 0.25) is 0 Å². The number of fused-ring (bicyclic) bond motifs is 1. The summed E-state index contributed by atoms with van der Waals surface area (Å²) < 4.78 is 2.03. The molecule has 0 saturated carbocycles. The Morgan fingerprint density at radius 1 is 0.935 bits per heavy atom. The van der Waals surface area contributed by atoms with Gasteiger partial charge in [0.1, 0.15) is 0 Å². The number of hydrogen-bond acceptors (Lipinski definition) is 5. The number of aryl methyl sites for hydroxylation is 2. The van der Waals surface area contributed by atoms with Crippen LogP contribution in [0.5, 0.6) is 0 Å². The molecule has 3 heterocycles. The molecule has 0 atom stereocenters. The molecule has 2 aromatic rings. The van der Waals surface area contributed by atoms with Crippen LogP contribution in [-0.2, 0) is 11.3 Å². The van der Waals surface area contributed by atoms with Gasteiger partial charge in [0.25, 0.3) is 11.8 Å². The zero-order chi connectivity index (χ0) is 22.0. The summed E-state index contributed by atoms with van der Waals surface area (Å²) in [7, 11) is 0. The SMILES string of the molecule is Cc1cc(C)n(CCN2CCN(C(=O)CCCN3C(=O)c4ccccc4C3=O)CC2)n1. The molecule has 1 aromatic carbocycles. The largest absolute Gasteiger partial charge is 0.340 e. The molecule has 0 N–H and O–H groups in total. The fourth-order valence-corrected chi connectivity index (χ4v) is 4.35. The van der Waals surface area contributed by atoms with Gasteiger partial charge in [-0.15, -0.1) is 0 Å². The maximum Gasteiger partial charge on any atom is 0.261 e. The Kier molecular flexibility index (Phi) is 6.18. The molecule has 0 aliphatic carbocycles. The third kappa shape index (κ3) is 4.54. The Balaban J connectivity index is 1.18. The van der Waals surface area contributed by atoms with Gasteiger partial charge in [-0.05, 0) is 38.5 Å². The highest BCUT2D eigenvalue weighted by Crippen LogP contribution is 2.22. The first kappa shape index (κ1) is 21.2. The Morgan fingerprint density at radius 2 is 1.58 bits per heavy atom. The van der Waals surface area contributed by atoms with Crippen molar-refractivity contribution in [3.63, 3.8) is 0 Å². The van der Waals surface area contributed by atoms with E-state index in [0.717, 1.165) is 31.9 Å². The molecule has 2 aliphatic heterocycles. The van der Waals surface area contributed by atoms with Crippen molar-refractivity contribution in [3.05, 3.63) is 52.8 Å². The maximum atomic E-state index is 12.6. The van der Waals surface area contributed by atoms with E-state index in [-0.39, 0.29) is 24.3 Å². The zero-order valence-corrected chi connectivity index (χ0v) is 18.2. The number of carbonyl (C=O) groups is 3. The van der Waals surface area contributed by atoms with E-state index in [1.165, 1.54) is 10.6 Å². The van der Waals surface area contributed by atoms with Crippen molar-refractivity contribution in [1.82, 2.24) is 24.5 Å². The van der Waals surface area contributed by atoms with Crippen molar-refractivity contribution in [2.75, 3.05) is 39.3 Å². The first-order chi connectivity index (χ1) is 14.9. The smallest absolute Gasteiger partial charge is 0.261 e. The second-order valence-corrected chi connectivity index (χ2v) is 8.28. The quantitative estimate of drug-likeness (QED) is 0.634. The second-order valence-electron chi connectivity index (χ2n) is 8.28. The van der Waals surface area contributed by atoms with Gasteiger partial charge in [0, 0.05) is 51.4 Å². The van der Waals surface area contributed by atoms with Crippen molar-refractivity contribution in [3.8, 4) is 0 Å². The van der Waals surface area contributed by atoms with Crippen LogP contribution in [-0.4, -0.2) is 81.5 Å². The minimum absolute atomic E-state index is 0.0924. The molecule has 8 heteroatoms. The van der Waals surface area contributed by atoms with E-state index in [9.17, 15) is 14.4 Å². The van der Waals surface area contributed by atoms with Crippen LogP contribution in [0.15, 0.2) is 30.3 Å². The van der Waals surface area contributed by atoms with Crippen LogP contribution in [0.1, 0.15) is 44.9 Å². The average molecular weight is 424 g/mol. The Hall–Kier alpha value is -3.00. The van der Waals surface area contributed by atoms with Crippen molar-refractivity contribution in [2.24, 2.45) is 0 Å². The number of hydrogen-bond donors (Lipinski definition) is 0. The molecule has 0 bridgehead atoms. The molecule has 1 fully saturated rings. The highest BCUT2D eigenvalue weighted by atomic mass is 16.2. The average Bonchev–Trinajstić information content (AvgIpc) is 3.22. The lowest BCUT2D eigenvalue weighted by Crippen LogP contribution is -2.49. The second kappa shape index (κ2) is 9.01. The van der Waals surface area contributed by atoms with E-state index >= 15 is 0 Å². The number of aromatic nitrogens is 2. The van der Waals surface area contributed by atoms with Crippen LogP contribution in [0.3, 0.4) is 0 Å².